The van der Waals surface area contributed by atoms with E-state index in [1.165, 1.54) is 0 Å². The number of carbonyl (C=O) groups is 1. The fourth-order valence-electron chi connectivity index (χ4n) is 0.731. The molecule has 1 unspecified atom stereocenters. The molecule has 1 N–H and O–H groups in total. The van der Waals surface area contributed by atoms with Crippen LogP contribution in [0.15, 0.2) is 12.3 Å². The molecule has 2 nitrogen and oxygen atoms in total. The minimum Gasteiger partial charge on any atom is -0.390 e. The number of allylic oxidation sites excluding steroid dienone is 1. The molecule has 0 aliphatic carbocycles. The van der Waals surface area contributed by atoms with E-state index in [0.29, 0.717) is 6.42 Å². The number of aldehydes is 1. The first-order valence-electron chi connectivity index (χ1n) is 4.48. The van der Waals surface area contributed by atoms with Crippen LogP contribution in [-0.2, 0) is 25.4 Å². The van der Waals surface area contributed by atoms with Crippen LogP contribution in [-0.4, -0.2) is 24.3 Å². The van der Waals surface area contributed by atoms with Gasteiger partial charge in [0.1, 0.15) is 6.29 Å². The number of hydrogen-bond acceptors (Lipinski definition) is 3. The summed E-state index contributed by atoms with van der Waals surface area (Å²) in [6.07, 6.45) is 6.25. The van der Waals surface area contributed by atoms with Gasteiger partial charge in [0, 0.05) is 18.7 Å². The van der Waals surface area contributed by atoms with Gasteiger partial charge < -0.3 is 10.1 Å². The predicted octanol–water partition coefficient (Wildman–Crippen LogP) is 1.17. The summed E-state index contributed by atoms with van der Waals surface area (Å²) < 4.78 is 0. The fourth-order valence-corrected chi connectivity index (χ4v) is 1.62. The lowest BCUT2D eigenvalue weighted by Crippen LogP contribution is -2.15. The van der Waals surface area contributed by atoms with Crippen molar-refractivity contribution >= 4 is 26.9 Å². The second-order valence-electron chi connectivity index (χ2n) is 2.53. The van der Waals surface area contributed by atoms with Gasteiger partial charge in [-0.15, -0.1) is 9.45 Å². The largest absolute Gasteiger partial charge is 0.390 e. The van der Waals surface area contributed by atoms with Crippen LogP contribution >= 0.6 is 0 Å². The van der Waals surface area contributed by atoms with Crippen molar-refractivity contribution in [2.24, 2.45) is 0 Å². The van der Waals surface area contributed by atoms with E-state index in [4.69, 9.17) is 11.2 Å². The molecule has 0 bridgehead atoms. The standard InChI is InChI=1S/C9H17NOS2/c1-2-13(12)9-7-10-6-4-3-5-8-11/h4,6,8,10H,2-3,5,7,9H2,1H3/b6-4+. The van der Waals surface area contributed by atoms with E-state index < -0.39 is 0 Å². The molecular weight excluding hydrogens is 202 g/mol. The monoisotopic (exact) mass is 219 g/mol. The third-order valence-corrected chi connectivity index (χ3v) is 3.99. The van der Waals surface area contributed by atoms with E-state index in [1.54, 1.807) is 0 Å². The highest BCUT2D eigenvalue weighted by atomic mass is 32.8. The van der Waals surface area contributed by atoms with Gasteiger partial charge >= 0.3 is 0 Å². The van der Waals surface area contributed by atoms with Gasteiger partial charge in [0.05, 0.1) is 0 Å². The molecule has 0 heterocycles. The van der Waals surface area contributed by atoms with Crippen molar-refractivity contribution in [3.05, 3.63) is 12.3 Å². The second kappa shape index (κ2) is 9.86. The Bertz CT molecular complexity index is 180. The average Bonchev–Trinajstić information content (AvgIpc) is 2.16. The highest BCUT2D eigenvalue weighted by Crippen LogP contribution is 1.85. The molecule has 13 heavy (non-hydrogen) atoms. The fraction of sp³-hybridized carbons (Fsp3) is 0.667. The zero-order valence-corrected chi connectivity index (χ0v) is 9.63. The van der Waals surface area contributed by atoms with E-state index in [9.17, 15) is 4.79 Å². The summed E-state index contributed by atoms with van der Waals surface area (Å²) in [4.78, 5) is 9.95. The predicted molar refractivity (Wildman–Crippen MR) is 62.6 cm³/mol. The zero-order chi connectivity index (χ0) is 9.94. The van der Waals surface area contributed by atoms with Crippen LogP contribution in [0.2, 0.25) is 0 Å². The minimum atomic E-state index is 0.145. The van der Waals surface area contributed by atoms with Gasteiger partial charge in [0.2, 0.25) is 0 Å². The number of carbonyl (C=O) groups excluding carboxylic acids is 1. The second-order valence-corrected chi connectivity index (χ2v) is 5.81. The summed E-state index contributed by atoms with van der Waals surface area (Å²) in [5.41, 5.74) is 0. The Morgan fingerprint density at radius 3 is 2.85 bits per heavy atom. The van der Waals surface area contributed by atoms with Crippen molar-refractivity contribution in [3.63, 3.8) is 0 Å². The van der Waals surface area contributed by atoms with Gasteiger partial charge in [0.15, 0.2) is 0 Å². The van der Waals surface area contributed by atoms with Crippen molar-refractivity contribution in [3.8, 4) is 0 Å². The summed E-state index contributed by atoms with van der Waals surface area (Å²) in [7, 11) is 0.145. The molecule has 0 aromatic carbocycles. The van der Waals surface area contributed by atoms with Crippen molar-refractivity contribution in [1.82, 2.24) is 5.32 Å². The lowest BCUT2D eigenvalue weighted by atomic mass is 10.3. The van der Waals surface area contributed by atoms with Crippen LogP contribution in [0, 0.1) is 0 Å². The molecule has 0 fully saturated rings. The summed E-state index contributed by atoms with van der Waals surface area (Å²) in [6, 6.07) is 0. The Morgan fingerprint density at radius 1 is 1.46 bits per heavy atom. The molecule has 0 saturated heterocycles. The van der Waals surface area contributed by atoms with Crippen LogP contribution in [0.4, 0.5) is 0 Å². The Balaban J connectivity index is 3.19. The van der Waals surface area contributed by atoms with Gasteiger partial charge in [-0.2, -0.15) is 0 Å². The Kier molecular flexibility index (Phi) is 9.70. The maximum atomic E-state index is 9.95. The zero-order valence-electron chi connectivity index (χ0n) is 7.99. The van der Waals surface area contributed by atoms with Crippen LogP contribution in [0.5, 0.6) is 0 Å². The third-order valence-electron chi connectivity index (χ3n) is 1.48. The van der Waals surface area contributed by atoms with E-state index in [2.05, 4.69) is 12.2 Å². The molecule has 0 aromatic rings. The molecule has 76 valence electrons. The van der Waals surface area contributed by atoms with Crippen molar-refractivity contribution in [2.75, 3.05) is 18.1 Å². The van der Waals surface area contributed by atoms with Gasteiger partial charge in [-0.3, -0.25) is 0 Å². The summed E-state index contributed by atoms with van der Waals surface area (Å²) in [5.74, 6) is 2.15. The normalized spacial score (nSPS) is 13.0. The number of rotatable bonds is 8. The number of hydrogen-bond donors (Lipinski definition) is 1. The van der Waals surface area contributed by atoms with Gasteiger partial charge in [0.25, 0.3) is 0 Å². The minimum absolute atomic E-state index is 0.145. The summed E-state index contributed by atoms with van der Waals surface area (Å²) in [5, 5.41) is 3.15. The molecule has 0 spiro atoms. The van der Waals surface area contributed by atoms with Crippen molar-refractivity contribution < 1.29 is 4.79 Å². The lowest BCUT2D eigenvalue weighted by molar-refractivity contribution is -0.107. The lowest BCUT2D eigenvalue weighted by Gasteiger charge is -2.01. The molecule has 0 rings (SSSR count). The molecular formula is C9H17NOS2. The first-order chi connectivity index (χ1) is 6.31. The van der Waals surface area contributed by atoms with Gasteiger partial charge in [-0.25, -0.2) is 0 Å². The summed E-state index contributed by atoms with van der Waals surface area (Å²) in [6.45, 7) is 3.06. The highest BCUT2D eigenvalue weighted by molar-refractivity contribution is 8.28. The first kappa shape index (κ1) is 12.8. The first-order valence-corrected chi connectivity index (χ1v) is 6.97. The molecule has 0 saturated carbocycles. The molecule has 4 heteroatoms. The van der Waals surface area contributed by atoms with E-state index in [1.807, 2.05) is 12.3 Å². The smallest absolute Gasteiger partial charge is 0.120 e. The molecule has 1 atom stereocenters. The SMILES string of the molecule is CCS(=S)CCN/C=C/CCC=O. The molecule has 0 radical (unpaired) electrons. The Labute approximate surface area is 87.4 Å². The average molecular weight is 219 g/mol. The third kappa shape index (κ3) is 9.70. The van der Waals surface area contributed by atoms with Crippen molar-refractivity contribution in [1.29, 1.82) is 0 Å². The highest BCUT2D eigenvalue weighted by Gasteiger charge is 1.87. The van der Waals surface area contributed by atoms with E-state index in [-0.39, 0.29) is 9.45 Å². The van der Waals surface area contributed by atoms with Crippen LogP contribution < -0.4 is 5.32 Å². The Morgan fingerprint density at radius 2 is 2.23 bits per heavy atom. The molecule has 0 aromatic heterocycles. The molecule has 0 aliphatic heterocycles. The van der Waals surface area contributed by atoms with Crippen LogP contribution in [0.3, 0.4) is 0 Å². The maximum absolute atomic E-state index is 9.95. The van der Waals surface area contributed by atoms with E-state index in [0.717, 1.165) is 30.8 Å². The van der Waals surface area contributed by atoms with Gasteiger partial charge in [-0.05, 0) is 18.4 Å². The van der Waals surface area contributed by atoms with Crippen molar-refractivity contribution in [2.45, 2.75) is 19.8 Å². The van der Waals surface area contributed by atoms with Crippen LogP contribution in [0.25, 0.3) is 0 Å². The number of nitrogens with one attached hydrogen (secondary N) is 1. The Hall–Kier alpha value is -0.220. The summed E-state index contributed by atoms with van der Waals surface area (Å²) >= 11 is 5.18. The topological polar surface area (TPSA) is 29.1 Å². The van der Waals surface area contributed by atoms with Gasteiger partial charge in [-0.1, -0.05) is 24.2 Å². The number of unbranched alkanes of at least 4 members (excludes halogenated alkanes) is 1. The van der Waals surface area contributed by atoms with E-state index >= 15 is 0 Å². The maximum Gasteiger partial charge on any atom is 0.120 e. The quantitative estimate of drug-likeness (QED) is 0.491. The molecule has 0 aliphatic rings. The van der Waals surface area contributed by atoms with Crippen LogP contribution in [0.1, 0.15) is 19.8 Å². The molecule has 0 amide bonds.